The van der Waals surface area contributed by atoms with Crippen LogP contribution in [0.15, 0.2) is 64.6 Å². The number of primary amides is 1. The Morgan fingerprint density at radius 1 is 1.06 bits per heavy atom. The summed E-state index contributed by atoms with van der Waals surface area (Å²) in [5.74, 6) is -1.35. The van der Waals surface area contributed by atoms with Crippen molar-refractivity contribution >= 4 is 33.2 Å². The fourth-order valence-electron chi connectivity index (χ4n) is 4.14. The number of carbonyl (C=O) groups excluding carboxylic acids is 2. The summed E-state index contributed by atoms with van der Waals surface area (Å²) >= 11 is 0. The van der Waals surface area contributed by atoms with E-state index in [1.807, 2.05) is 0 Å². The lowest BCUT2D eigenvalue weighted by atomic mass is 9.98. The molecule has 1 unspecified atom stereocenters. The molecular weight excluding hydrogens is 461 g/mol. The van der Waals surface area contributed by atoms with E-state index in [4.69, 9.17) is 5.73 Å². The number of amides is 2. The number of hydrogen-bond acceptors (Lipinski definition) is 6. The van der Waals surface area contributed by atoms with Gasteiger partial charge in [-0.05, 0) is 55.2 Å². The minimum absolute atomic E-state index is 0.0479. The molecule has 11 heteroatoms. The Labute approximate surface area is 197 Å². The van der Waals surface area contributed by atoms with Crippen LogP contribution in [0.25, 0.3) is 0 Å². The Kier molecular flexibility index (Phi) is 6.94. The molecule has 0 radical (unpaired) electrons. The minimum atomic E-state index is -3.53. The molecule has 2 aliphatic heterocycles. The van der Waals surface area contributed by atoms with Crippen molar-refractivity contribution < 1.29 is 22.4 Å². The molecule has 1 fully saturated rings. The van der Waals surface area contributed by atoms with Gasteiger partial charge in [-0.25, -0.2) is 12.8 Å². The monoisotopic (exact) mass is 487 g/mol. The summed E-state index contributed by atoms with van der Waals surface area (Å²) in [6.07, 6.45) is 1.28. The third-order valence-electron chi connectivity index (χ3n) is 6.10. The maximum atomic E-state index is 13.2. The van der Waals surface area contributed by atoms with Crippen LogP contribution in [-0.4, -0.2) is 55.9 Å². The first-order valence-corrected chi connectivity index (χ1v) is 12.4. The molecule has 1 saturated heterocycles. The lowest BCUT2D eigenvalue weighted by Gasteiger charge is -2.31. The highest BCUT2D eigenvalue weighted by atomic mass is 32.2. The van der Waals surface area contributed by atoms with Crippen molar-refractivity contribution in [3.63, 3.8) is 0 Å². The molecule has 180 valence electrons. The summed E-state index contributed by atoms with van der Waals surface area (Å²) in [6, 6.07) is 12.9. The number of carbonyl (C=O) groups is 2. The third-order valence-corrected chi connectivity index (χ3v) is 8.01. The average molecular weight is 488 g/mol. The Bertz CT molecular complexity index is 1180. The largest absolute Gasteiger partial charge is 0.368 e. The Morgan fingerprint density at radius 2 is 1.71 bits per heavy atom. The van der Waals surface area contributed by atoms with E-state index in [1.54, 1.807) is 30.3 Å². The smallest absolute Gasteiger partial charge is 0.267 e. The SMILES string of the molecule is NC(=O)C1CC(C(=O)NCC2CCN(S(=O)(=O)c3ccccc3)CC2)=NN1c1ccc(F)cc1. The number of halogens is 1. The number of piperidine rings is 1. The Hall–Kier alpha value is -3.31. The van der Waals surface area contributed by atoms with Crippen molar-refractivity contribution in [3.8, 4) is 0 Å². The van der Waals surface area contributed by atoms with Crippen LogP contribution in [0.5, 0.6) is 0 Å². The molecule has 0 aromatic heterocycles. The second-order valence-electron chi connectivity index (χ2n) is 8.36. The van der Waals surface area contributed by atoms with Gasteiger partial charge < -0.3 is 11.1 Å². The van der Waals surface area contributed by atoms with Crippen LogP contribution in [0.2, 0.25) is 0 Å². The van der Waals surface area contributed by atoms with Gasteiger partial charge in [-0.3, -0.25) is 14.6 Å². The standard InChI is InChI=1S/C23H26FN5O4S/c24-17-6-8-18(9-7-17)29-21(22(25)30)14-20(27-29)23(31)26-15-16-10-12-28(13-11-16)34(32,33)19-4-2-1-3-5-19/h1-9,16,21H,10-15H2,(H2,25,30)(H,26,31). The molecule has 3 N–H and O–H groups in total. The summed E-state index contributed by atoms with van der Waals surface area (Å²) in [7, 11) is -3.53. The van der Waals surface area contributed by atoms with Crippen LogP contribution >= 0.6 is 0 Å². The third kappa shape index (κ3) is 5.10. The number of sulfonamides is 1. The fourth-order valence-corrected chi connectivity index (χ4v) is 5.63. The van der Waals surface area contributed by atoms with Gasteiger partial charge in [0.1, 0.15) is 17.6 Å². The molecule has 2 aliphatic rings. The second kappa shape index (κ2) is 9.90. The summed E-state index contributed by atoms with van der Waals surface area (Å²) in [5, 5.41) is 8.44. The van der Waals surface area contributed by atoms with Crippen LogP contribution < -0.4 is 16.1 Å². The van der Waals surface area contributed by atoms with Gasteiger partial charge in [0.15, 0.2) is 0 Å². The number of nitrogens with one attached hydrogen (secondary N) is 1. The van der Waals surface area contributed by atoms with E-state index in [1.165, 1.54) is 33.6 Å². The zero-order valence-electron chi connectivity index (χ0n) is 18.4. The summed E-state index contributed by atoms with van der Waals surface area (Å²) in [6.45, 7) is 1.12. The maximum Gasteiger partial charge on any atom is 0.267 e. The highest BCUT2D eigenvalue weighted by Gasteiger charge is 2.35. The van der Waals surface area contributed by atoms with Crippen LogP contribution in [0.1, 0.15) is 19.3 Å². The van der Waals surface area contributed by atoms with Crippen molar-refractivity contribution in [2.45, 2.75) is 30.2 Å². The quantitative estimate of drug-likeness (QED) is 0.612. The van der Waals surface area contributed by atoms with E-state index in [2.05, 4.69) is 10.4 Å². The molecule has 9 nitrogen and oxygen atoms in total. The first-order valence-electron chi connectivity index (χ1n) is 11.0. The number of nitrogens with zero attached hydrogens (tertiary/aromatic N) is 3. The second-order valence-corrected chi connectivity index (χ2v) is 10.3. The van der Waals surface area contributed by atoms with Gasteiger partial charge in [0.25, 0.3) is 5.91 Å². The molecule has 0 spiro atoms. The molecule has 2 aromatic rings. The molecule has 34 heavy (non-hydrogen) atoms. The molecule has 1 atom stereocenters. The number of rotatable bonds is 7. The predicted molar refractivity (Wildman–Crippen MR) is 125 cm³/mol. The van der Waals surface area contributed by atoms with Crippen LogP contribution in [0, 0.1) is 11.7 Å². The van der Waals surface area contributed by atoms with Crippen molar-refractivity contribution in [3.05, 3.63) is 60.4 Å². The van der Waals surface area contributed by atoms with E-state index in [0.717, 1.165) is 0 Å². The van der Waals surface area contributed by atoms with Gasteiger partial charge in [-0.1, -0.05) is 18.2 Å². The molecule has 2 aromatic carbocycles. The predicted octanol–water partition coefficient (Wildman–Crippen LogP) is 1.46. The topological polar surface area (TPSA) is 125 Å². The van der Waals surface area contributed by atoms with Crippen molar-refractivity contribution in [2.75, 3.05) is 24.6 Å². The van der Waals surface area contributed by atoms with Crippen molar-refractivity contribution in [2.24, 2.45) is 16.8 Å². The van der Waals surface area contributed by atoms with E-state index in [0.29, 0.717) is 38.2 Å². The first-order chi connectivity index (χ1) is 16.3. The number of anilines is 1. The molecular formula is C23H26FN5O4S. The number of hydrogen-bond donors (Lipinski definition) is 2. The zero-order chi connectivity index (χ0) is 24.3. The number of hydrazone groups is 1. The Balaban J connectivity index is 1.33. The first kappa shape index (κ1) is 23.8. The minimum Gasteiger partial charge on any atom is -0.368 e. The zero-order valence-corrected chi connectivity index (χ0v) is 19.2. The highest BCUT2D eigenvalue weighted by molar-refractivity contribution is 7.89. The van der Waals surface area contributed by atoms with E-state index in [9.17, 15) is 22.4 Å². The Morgan fingerprint density at radius 3 is 2.32 bits per heavy atom. The average Bonchev–Trinajstić information content (AvgIpc) is 3.30. The van der Waals surface area contributed by atoms with E-state index >= 15 is 0 Å². The van der Waals surface area contributed by atoms with Gasteiger partial charge in [0, 0.05) is 26.1 Å². The van der Waals surface area contributed by atoms with Gasteiger partial charge in [0.05, 0.1) is 10.6 Å². The summed E-state index contributed by atoms with van der Waals surface area (Å²) in [4.78, 5) is 24.9. The van der Waals surface area contributed by atoms with Crippen LogP contribution in [-0.2, 0) is 19.6 Å². The molecule has 0 aliphatic carbocycles. The highest BCUT2D eigenvalue weighted by Crippen LogP contribution is 2.26. The van der Waals surface area contributed by atoms with Crippen LogP contribution in [0.4, 0.5) is 10.1 Å². The van der Waals surface area contributed by atoms with Gasteiger partial charge in [0.2, 0.25) is 15.9 Å². The molecule has 2 amide bonds. The van der Waals surface area contributed by atoms with Gasteiger partial charge >= 0.3 is 0 Å². The maximum absolute atomic E-state index is 13.2. The lowest BCUT2D eigenvalue weighted by Crippen LogP contribution is -2.42. The normalized spacial score (nSPS) is 19.6. The molecule has 0 bridgehead atoms. The number of nitrogens with two attached hydrogens (primary N) is 1. The molecule has 0 saturated carbocycles. The van der Waals surface area contributed by atoms with Gasteiger partial charge in [-0.2, -0.15) is 9.41 Å². The fraction of sp³-hybridized carbons (Fsp3) is 0.348. The van der Waals surface area contributed by atoms with Crippen LogP contribution in [0.3, 0.4) is 0 Å². The van der Waals surface area contributed by atoms with E-state index < -0.39 is 33.7 Å². The summed E-state index contributed by atoms with van der Waals surface area (Å²) in [5.41, 5.74) is 6.11. The number of benzene rings is 2. The molecule has 4 rings (SSSR count). The summed E-state index contributed by atoms with van der Waals surface area (Å²) < 4.78 is 40.2. The van der Waals surface area contributed by atoms with E-state index in [-0.39, 0.29) is 22.9 Å². The van der Waals surface area contributed by atoms with Crippen molar-refractivity contribution in [1.82, 2.24) is 9.62 Å². The lowest BCUT2D eigenvalue weighted by molar-refractivity contribution is -0.119. The molecule has 2 heterocycles. The van der Waals surface area contributed by atoms with Crippen molar-refractivity contribution in [1.29, 1.82) is 0 Å². The van der Waals surface area contributed by atoms with Gasteiger partial charge in [-0.15, -0.1) is 0 Å².